The number of cyclic esters (lactones) is 2. The Morgan fingerprint density at radius 1 is 1.07 bits per heavy atom. The fourth-order valence-corrected chi connectivity index (χ4v) is 4.10. The highest BCUT2D eigenvalue weighted by atomic mass is 16.7. The molecule has 1 fully saturated rings. The minimum Gasteiger partial charge on any atom is -0.493 e. The number of amides is 1. The lowest BCUT2D eigenvalue weighted by atomic mass is 9.91. The zero-order valence-corrected chi connectivity index (χ0v) is 24.7. The number of benzene rings is 1. The van der Waals surface area contributed by atoms with Crippen molar-refractivity contribution in [3.8, 4) is 11.5 Å². The van der Waals surface area contributed by atoms with E-state index in [0.29, 0.717) is 0 Å². The first-order valence-corrected chi connectivity index (χ1v) is 13.7. The number of rotatable bonds is 11. The van der Waals surface area contributed by atoms with Gasteiger partial charge in [0, 0.05) is 12.3 Å². The second-order valence-corrected chi connectivity index (χ2v) is 10.3. The third-order valence-corrected chi connectivity index (χ3v) is 6.38. The van der Waals surface area contributed by atoms with Crippen LogP contribution in [0.3, 0.4) is 0 Å². The van der Waals surface area contributed by atoms with E-state index in [0.717, 1.165) is 5.56 Å². The van der Waals surface area contributed by atoms with E-state index >= 15 is 0 Å². The number of aromatic nitrogens is 1. The number of nitrogens with zero attached hydrogens (tertiary/aromatic N) is 1. The fourth-order valence-electron chi connectivity index (χ4n) is 4.10. The van der Waals surface area contributed by atoms with Gasteiger partial charge in [0.25, 0.3) is 5.91 Å². The smallest absolute Gasteiger partial charge is 0.332 e. The summed E-state index contributed by atoms with van der Waals surface area (Å²) in [4.78, 5) is 56.6. The van der Waals surface area contributed by atoms with Gasteiger partial charge in [0.15, 0.2) is 36.1 Å². The summed E-state index contributed by atoms with van der Waals surface area (Å²) in [5.74, 6) is -4.20. The summed E-state index contributed by atoms with van der Waals surface area (Å²) in [5, 5.41) is 2.51. The van der Waals surface area contributed by atoms with E-state index in [4.69, 9.17) is 28.4 Å². The lowest BCUT2D eigenvalue weighted by Crippen LogP contribution is -2.47. The van der Waals surface area contributed by atoms with Crippen LogP contribution in [-0.2, 0) is 39.8 Å². The third-order valence-electron chi connectivity index (χ3n) is 6.38. The van der Waals surface area contributed by atoms with E-state index in [1.165, 1.54) is 26.3 Å². The average molecular weight is 587 g/mol. The molecule has 12 nitrogen and oxygen atoms in total. The number of carbonyl (C=O) groups is 4. The zero-order valence-electron chi connectivity index (χ0n) is 24.7. The summed E-state index contributed by atoms with van der Waals surface area (Å²) in [6.07, 6.45) is -0.797. The van der Waals surface area contributed by atoms with Gasteiger partial charge in [-0.05, 0) is 32.8 Å². The molecule has 0 spiro atoms. The molecule has 228 valence electrons. The molecule has 0 radical (unpaired) electrons. The van der Waals surface area contributed by atoms with Gasteiger partial charge in [-0.2, -0.15) is 0 Å². The second-order valence-electron chi connectivity index (χ2n) is 10.3. The molecule has 4 atom stereocenters. The first-order chi connectivity index (χ1) is 20.0. The van der Waals surface area contributed by atoms with E-state index in [1.54, 1.807) is 13.8 Å². The molecule has 1 aliphatic rings. The van der Waals surface area contributed by atoms with Crippen LogP contribution in [0.2, 0.25) is 0 Å². The van der Waals surface area contributed by atoms with Crippen LogP contribution in [0.15, 0.2) is 42.6 Å². The highest BCUT2D eigenvalue weighted by Gasteiger charge is 2.42. The largest absolute Gasteiger partial charge is 0.493 e. The van der Waals surface area contributed by atoms with Crippen LogP contribution in [0, 0.1) is 11.8 Å². The molecular weight excluding hydrogens is 548 g/mol. The van der Waals surface area contributed by atoms with Crippen molar-refractivity contribution in [2.24, 2.45) is 11.8 Å². The number of esters is 3. The molecule has 1 aliphatic heterocycles. The second kappa shape index (κ2) is 15.2. The van der Waals surface area contributed by atoms with Crippen LogP contribution in [0.4, 0.5) is 0 Å². The maximum absolute atomic E-state index is 13.4. The predicted octanol–water partition coefficient (Wildman–Crippen LogP) is 2.87. The summed E-state index contributed by atoms with van der Waals surface area (Å²) < 4.78 is 33.2. The molecule has 12 heteroatoms. The summed E-state index contributed by atoms with van der Waals surface area (Å²) in [7, 11) is 1.40. The van der Waals surface area contributed by atoms with Gasteiger partial charge in [-0.1, -0.05) is 44.2 Å². The molecule has 42 heavy (non-hydrogen) atoms. The minimum absolute atomic E-state index is 0.00327. The maximum Gasteiger partial charge on any atom is 0.332 e. The first-order valence-electron chi connectivity index (χ1n) is 13.7. The number of methoxy groups -OCH3 is 1. The molecule has 0 aliphatic carbocycles. The Balaban J connectivity index is 1.86. The lowest BCUT2D eigenvalue weighted by molar-refractivity contribution is -0.176. The van der Waals surface area contributed by atoms with Crippen LogP contribution in [0.1, 0.15) is 50.7 Å². The van der Waals surface area contributed by atoms with E-state index < -0.39 is 60.5 Å². The summed E-state index contributed by atoms with van der Waals surface area (Å²) in [6.45, 7) is 7.77. The van der Waals surface area contributed by atoms with Gasteiger partial charge in [-0.15, -0.1) is 0 Å². The Labute approximate surface area is 245 Å². The Bertz CT molecular complexity index is 1230. The molecule has 2 aromatic rings. The molecule has 1 N–H and O–H groups in total. The van der Waals surface area contributed by atoms with Gasteiger partial charge in [0.2, 0.25) is 0 Å². The SMILES string of the molecule is COc1ccnc(C(=O)N[C@H]2COC(=O)[C@H](Cc3ccccc3)[C@@H](OC(=O)C(C)C)[C@H](C)OC2=O)c1OCOC(C)C. The van der Waals surface area contributed by atoms with Gasteiger partial charge in [0.05, 0.1) is 19.1 Å². The van der Waals surface area contributed by atoms with Gasteiger partial charge in [-0.3, -0.25) is 14.4 Å². The fraction of sp³-hybridized carbons (Fsp3) is 0.500. The number of ether oxygens (including phenoxy) is 6. The standard InChI is InChI=1S/C30H38N2O10/c1-17(2)28(34)42-25-19(5)41-30(36)22(15-38-29(35)21(25)14-20-10-8-7-9-11-20)32-27(33)24-26(40-16-39-18(3)4)23(37-6)12-13-31-24/h7-13,17-19,21-22,25H,14-16H2,1-6H3,(H,32,33)/t19-,21+,22-,25-/m0/s1. The third kappa shape index (κ3) is 8.65. The molecule has 1 saturated heterocycles. The van der Waals surface area contributed by atoms with Crippen LogP contribution >= 0.6 is 0 Å². The monoisotopic (exact) mass is 586 g/mol. The summed E-state index contributed by atoms with van der Waals surface area (Å²) in [6, 6.07) is 9.24. The minimum atomic E-state index is -1.39. The van der Waals surface area contributed by atoms with Crippen molar-refractivity contribution in [1.82, 2.24) is 10.3 Å². The molecule has 1 amide bonds. The molecule has 1 aromatic heterocycles. The highest BCUT2D eigenvalue weighted by Crippen LogP contribution is 2.30. The topological polar surface area (TPSA) is 149 Å². The molecule has 1 aromatic carbocycles. The molecule has 3 rings (SSSR count). The predicted molar refractivity (Wildman–Crippen MR) is 149 cm³/mol. The van der Waals surface area contributed by atoms with Gasteiger partial charge >= 0.3 is 17.9 Å². The van der Waals surface area contributed by atoms with Crippen LogP contribution in [0.5, 0.6) is 11.5 Å². The molecule has 2 heterocycles. The number of nitrogens with one attached hydrogen (secondary N) is 1. The Morgan fingerprint density at radius 3 is 2.43 bits per heavy atom. The summed E-state index contributed by atoms with van der Waals surface area (Å²) >= 11 is 0. The summed E-state index contributed by atoms with van der Waals surface area (Å²) in [5.41, 5.74) is 0.616. The highest BCUT2D eigenvalue weighted by molar-refractivity contribution is 5.98. The van der Waals surface area contributed by atoms with Crippen molar-refractivity contribution < 1.29 is 47.6 Å². The quantitative estimate of drug-likeness (QED) is 0.235. The van der Waals surface area contributed by atoms with E-state index in [2.05, 4.69) is 10.3 Å². The average Bonchev–Trinajstić information content (AvgIpc) is 2.99. The van der Waals surface area contributed by atoms with Crippen molar-refractivity contribution in [3.05, 3.63) is 53.9 Å². The Hall–Kier alpha value is -4.19. The van der Waals surface area contributed by atoms with Crippen molar-refractivity contribution in [1.29, 1.82) is 0 Å². The van der Waals surface area contributed by atoms with Crippen molar-refractivity contribution in [2.45, 2.75) is 65.4 Å². The van der Waals surface area contributed by atoms with Gasteiger partial charge < -0.3 is 33.7 Å². The molecule has 0 saturated carbocycles. The number of carbonyl (C=O) groups excluding carboxylic acids is 4. The van der Waals surface area contributed by atoms with Gasteiger partial charge in [-0.25, -0.2) is 9.78 Å². The normalized spacial score (nSPS) is 21.0. The van der Waals surface area contributed by atoms with Crippen molar-refractivity contribution >= 4 is 23.8 Å². The number of pyridine rings is 1. The molecular formula is C30H38N2O10. The van der Waals surface area contributed by atoms with Crippen LogP contribution in [-0.4, -0.2) is 73.7 Å². The number of hydrogen-bond acceptors (Lipinski definition) is 11. The molecule has 0 unspecified atom stereocenters. The van der Waals surface area contributed by atoms with Gasteiger partial charge in [0.1, 0.15) is 18.6 Å². The van der Waals surface area contributed by atoms with Crippen molar-refractivity contribution in [3.63, 3.8) is 0 Å². The van der Waals surface area contributed by atoms with E-state index in [-0.39, 0.29) is 36.5 Å². The van der Waals surface area contributed by atoms with E-state index in [1.807, 2.05) is 44.2 Å². The first kappa shape index (κ1) is 32.3. The Kier molecular flexibility index (Phi) is 11.7. The maximum atomic E-state index is 13.4. The zero-order chi connectivity index (χ0) is 30.8. The van der Waals surface area contributed by atoms with Crippen molar-refractivity contribution in [2.75, 3.05) is 20.5 Å². The van der Waals surface area contributed by atoms with Crippen LogP contribution in [0.25, 0.3) is 0 Å². The Morgan fingerprint density at radius 2 is 1.79 bits per heavy atom. The molecule has 0 bridgehead atoms. The lowest BCUT2D eigenvalue weighted by Gasteiger charge is -2.29. The van der Waals surface area contributed by atoms with Crippen LogP contribution < -0.4 is 14.8 Å². The number of hydrogen-bond donors (Lipinski definition) is 1. The van der Waals surface area contributed by atoms with E-state index in [9.17, 15) is 19.2 Å².